The van der Waals surface area contributed by atoms with E-state index in [1.54, 1.807) is 0 Å². The van der Waals surface area contributed by atoms with Crippen molar-refractivity contribution in [2.75, 3.05) is 6.54 Å². The van der Waals surface area contributed by atoms with Gasteiger partial charge in [0.2, 0.25) is 0 Å². The van der Waals surface area contributed by atoms with Gasteiger partial charge in [-0.25, -0.2) is 0 Å². The van der Waals surface area contributed by atoms with Crippen LogP contribution in [0.3, 0.4) is 0 Å². The van der Waals surface area contributed by atoms with Gasteiger partial charge in [-0.05, 0) is 6.92 Å². The first-order valence-electron chi connectivity index (χ1n) is 2.48. The molecular weight excluding hydrogens is 88.1 g/mol. The first-order chi connectivity index (χ1) is 3.29. The fourth-order valence-corrected chi connectivity index (χ4v) is 0.676. The van der Waals surface area contributed by atoms with Crippen molar-refractivity contribution in [3.05, 3.63) is 12.4 Å². The molecule has 1 atom stereocenters. The standard InChI is InChI=1S/C5H10N2/c1-4-3-6-5(2)7-4/h4,6-7H,2-3H2,1H3. The highest BCUT2D eigenvalue weighted by molar-refractivity contribution is 4.97. The molecule has 1 fully saturated rings. The molecule has 0 bridgehead atoms. The highest BCUT2D eigenvalue weighted by atomic mass is 15.2. The fraction of sp³-hybridized carbons (Fsp3) is 0.600. The third-order valence-electron chi connectivity index (χ3n) is 1.04. The molecule has 1 saturated heterocycles. The van der Waals surface area contributed by atoms with Crippen molar-refractivity contribution in [2.24, 2.45) is 0 Å². The lowest BCUT2D eigenvalue weighted by atomic mass is 10.4. The molecule has 0 aromatic carbocycles. The van der Waals surface area contributed by atoms with Crippen LogP contribution in [0.4, 0.5) is 0 Å². The molecule has 1 heterocycles. The van der Waals surface area contributed by atoms with Crippen molar-refractivity contribution in [2.45, 2.75) is 13.0 Å². The Morgan fingerprint density at radius 1 is 1.86 bits per heavy atom. The van der Waals surface area contributed by atoms with E-state index < -0.39 is 0 Å². The molecule has 2 N–H and O–H groups in total. The third-order valence-corrected chi connectivity index (χ3v) is 1.04. The molecule has 0 radical (unpaired) electrons. The summed E-state index contributed by atoms with van der Waals surface area (Å²) in [5.41, 5.74) is 0. The van der Waals surface area contributed by atoms with Crippen molar-refractivity contribution in [3.8, 4) is 0 Å². The Labute approximate surface area is 43.6 Å². The molecule has 0 amide bonds. The highest BCUT2D eigenvalue weighted by Gasteiger charge is 2.07. The Morgan fingerprint density at radius 2 is 2.57 bits per heavy atom. The maximum atomic E-state index is 3.68. The maximum absolute atomic E-state index is 3.68. The Hall–Kier alpha value is -0.660. The molecule has 0 aromatic rings. The molecule has 2 nitrogen and oxygen atoms in total. The minimum atomic E-state index is 0.562. The predicted molar refractivity (Wildman–Crippen MR) is 29.7 cm³/mol. The largest absolute Gasteiger partial charge is 0.370 e. The number of hydrogen-bond acceptors (Lipinski definition) is 2. The summed E-state index contributed by atoms with van der Waals surface area (Å²) < 4.78 is 0. The monoisotopic (exact) mass is 98.1 g/mol. The van der Waals surface area contributed by atoms with E-state index in [1.807, 2.05) is 0 Å². The van der Waals surface area contributed by atoms with Crippen molar-refractivity contribution < 1.29 is 0 Å². The zero-order chi connectivity index (χ0) is 5.28. The van der Waals surface area contributed by atoms with E-state index in [0.29, 0.717) is 6.04 Å². The van der Waals surface area contributed by atoms with Crippen LogP contribution in [-0.2, 0) is 0 Å². The quantitative estimate of drug-likeness (QED) is 0.447. The van der Waals surface area contributed by atoms with Gasteiger partial charge in [0.1, 0.15) is 0 Å². The second kappa shape index (κ2) is 1.45. The van der Waals surface area contributed by atoms with E-state index in [2.05, 4.69) is 24.1 Å². The van der Waals surface area contributed by atoms with Gasteiger partial charge < -0.3 is 10.6 Å². The molecule has 7 heavy (non-hydrogen) atoms. The molecule has 0 aliphatic carbocycles. The molecular formula is C5H10N2. The van der Waals surface area contributed by atoms with Gasteiger partial charge in [-0.1, -0.05) is 6.58 Å². The summed E-state index contributed by atoms with van der Waals surface area (Å²) in [5.74, 6) is 0.951. The lowest BCUT2D eigenvalue weighted by molar-refractivity contribution is 0.714. The summed E-state index contributed by atoms with van der Waals surface area (Å²) in [6.07, 6.45) is 0. The molecule has 0 aromatic heterocycles. The molecule has 0 saturated carbocycles. The van der Waals surface area contributed by atoms with E-state index in [-0.39, 0.29) is 0 Å². The first kappa shape index (κ1) is 4.50. The van der Waals surface area contributed by atoms with Crippen LogP contribution in [0.2, 0.25) is 0 Å². The molecule has 1 aliphatic heterocycles. The van der Waals surface area contributed by atoms with E-state index in [4.69, 9.17) is 0 Å². The Morgan fingerprint density at radius 3 is 2.71 bits per heavy atom. The van der Waals surface area contributed by atoms with E-state index >= 15 is 0 Å². The van der Waals surface area contributed by atoms with Crippen LogP contribution in [0.15, 0.2) is 12.4 Å². The van der Waals surface area contributed by atoms with Gasteiger partial charge in [0.05, 0.1) is 5.82 Å². The average molecular weight is 98.1 g/mol. The smallest absolute Gasteiger partial charge is 0.0915 e. The number of nitrogens with one attached hydrogen (secondary N) is 2. The maximum Gasteiger partial charge on any atom is 0.0915 e. The predicted octanol–water partition coefficient (Wildman–Crippen LogP) is 0.0389. The zero-order valence-corrected chi connectivity index (χ0v) is 4.49. The summed E-state index contributed by atoms with van der Waals surface area (Å²) in [6, 6.07) is 0.562. The van der Waals surface area contributed by atoms with Crippen LogP contribution in [0.25, 0.3) is 0 Å². The van der Waals surface area contributed by atoms with Crippen molar-refractivity contribution in [1.82, 2.24) is 10.6 Å². The molecule has 0 spiro atoms. The van der Waals surface area contributed by atoms with Crippen LogP contribution in [0, 0.1) is 0 Å². The second-order valence-corrected chi connectivity index (χ2v) is 1.90. The van der Waals surface area contributed by atoms with Gasteiger partial charge in [0.25, 0.3) is 0 Å². The van der Waals surface area contributed by atoms with Gasteiger partial charge in [0, 0.05) is 12.6 Å². The summed E-state index contributed by atoms with van der Waals surface area (Å²) in [6.45, 7) is 6.81. The first-order valence-corrected chi connectivity index (χ1v) is 2.48. The molecule has 1 rings (SSSR count). The lowest BCUT2D eigenvalue weighted by Crippen LogP contribution is -2.17. The van der Waals surface area contributed by atoms with E-state index in [9.17, 15) is 0 Å². The Balaban J connectivity index is 2.40. The highest BCUT2D eigenvalue weighted by Crippen LogP contribution is 1.91. The molecule has 40 valence electrons. The summed E-state index contributed by atoms with van der Waals surface area (Å²) in [7, 11) is 0. The minimum Gasteiger partial charge on any atom is -0.370 e. The van der Waals surface area contributed by atoms with Gasteiger partial charge in [-0.2, -0.15) is 0 Å². The topological polar surface area (TPSA) is 24.1 Å². The zero-order valence-electron chi connectivity index (χ0n) is 4.49. The van der Waals surface area contributed by atoms with Crippen LogP contribution >= 0.6 is 0 Å². The minimum absolute atomic E-state index is 0.562. The van der Waals surface area contributed by atoms with E-state index in [1.165, 1.54) is 0 Å². The second-order valence-electron chi connectivity index (χ2n) is 1.90. The van der Waals surface area contributed by atoms with Crippen LogP contribution in [0.5, 0.6) is 0 Å². The number of rotatable bonds is 0. The van der Waals surface area contributed by atoms with Crippen molar-refractivity contribution in [3.63, 3.8) is 0 Å². The molecule has 1 aliphatic rings. The molecule has 2 heteroatoms. The average Bonchev–Trinajstić information content (AvgIpc) is 1.87. The van der Waals surface area contributed by atoms with Gasteiger partial charge >= 0.3 is 0 Å². The van der Waals surface area contributed by atoms with Crippen LogP contribution in [0.1, 0.15) is 6.92 Å². The van der Waals surface area contributed by atoms with E-state index in [0.717, 1.165) is 12.4 Å². The van der Waals surface area contributed by atoms with Crippen molar-refractivity contribution in [1.29, 1.82) is 0 Å². The summed E-state index contributed by atoms with van der Waals surface area (Å²) in [5, 5.41) is 6.17. The Kier molecular flexibility index (Phi) is 0.929. The number of hydrogen-bond donors (Lipinski definition) is 2. The van der Waals surface area contributed by atoms with Gasteiger partial charge in [-0.15, -0.1) is 0 Å². The Bertz CT molecular complexity index is 88.1. The van der Waals surface area contributed by atoms with Crippen LogP contribution in [-0.4, -0.2) is 12.6 Å². The van der Waals surface area contributed by atoms with Crippen LogP contribution < -0.4 is 10.6 Å². The summed E-state index contributed by atoms with van der Waals surface area (Å²) >= 11 is 0. The molecule has 1 unspecified atom stereocenters. The fourth-order valence-electron chi connectivity index (χ4n) is 0.676. The van der Waals surface area contributed by atoms with Gasteiger partial charge in [-0.3, -0.25) is 0 Å². The van der Waals surface area contributed by atoms with Crippen molar-refractivity contribution >= 4 is 0 Å². The van der Waals surface area contributed by atoms with Gasteiger partial charge in [0.15, 0.2) is 0 Å². The third kappa shape index (κ3) is 0.856. The SMILES string of the molecule is C=C1NCC(C)N1. The normalized spacial score (nSPS) is 29.3. The lowest BCUT2D eigenvalue weighted by Gasteiger charge is -1.96. The summed E-state index contributed by atoms with van der Waals surface area (Å²) in [4.78, 5) is 0.